The Morgan fingerprint density at radius 1 is 1.31 bits per heavy atom. The van der Waals surface area contributed by atoms with E-state index in [2.05, 4.69) is 31.0 Å². The van der Waals surface area contributed by atoms with Gasteiger partial charge in [-0.05, 0) is 37.5 Å². The zero-order chi connectivity index (χ0) is 11.5. The van der Waals surface area contributed by atoms with Gasteiger partial charge in [0.2, 0.25) is 0 Å². The van der Waals surface area contributed by atoms with Crippen LogP contribution in [0, 0.1) is 6.92 Å². The van der Waals surface area contributed by atoms with Crippen LogP contribution in [0.2, 0.25) is 0 Å². The van der Waals surface area contributed by atoms with Crippen molar-refractivity contribution in [2.45, 2.75) is 25.8 Å². The molecule has 0 spiro atoms. The molecule has 0 saturated carbocycles. The summed E-state index contributed by atoms with van der Waals surface area (Å²) in [7, 11) is 2.12. The first kappa shape index (κ1) is 11.3. The second kappa shape index (κ2) is 4.74. The Balaban J connectivity index is 2.15. The number of nitrogens with zero attached hydrogens (tertiary/aromatic N) is 1. The van der Waals surface area contributed by atoms with E-state index in [0.717, 1.165) is 37.4 Å². The molecule has 16 heavy (non-hydrogen) atoms. The highest BCUT2D eigenvalue weighted by atomic mass is 16.5. The van der Waals surface area contributed by atoms with Gasteiger partial charge in [-0.2, -0.15) is 0 Å². The number of benzene rings is 1. The second-order valence-electron chi connectivity index (χ2n) is 4.52. The van der Waals surface area contributed by atoms with Crippen molar-refractivity contribution in [3.05, 3.63) is 23.8 Å². The van der Waals surface area contributed by atoms with E-state index in [0.29, 0.717) is 6.04 Å². The zero-order valence-electron chi connectivity index (χ0n) is 10.1. The van der Waals surface area contributed by atoms with E-state index >= 15 is 0 Å². The normalized spacial score (nSPS) is 17.4. The molecule has 0 bridgehead atoms. The minimum Gasteiger partial charge on any atom is -0.397 e. The molecule has 1 fully saturated rings. The van der Waals surface area contributed by atoms with Gasteiger partial charge in [-0.1, -0.05) is 6.07 Å². The standard InChI is InChI=1S/C13H20N2O/c1-10-3-4-13(12(14)9-10)15(2)11-5-7-16-8-6-11/h3-4,9,11H,5-8,14H2,1-2H3. The van der Waals surface area contributed by atoms with Crippen molar-refractivity contribution in [1.29, 1.82) is 0 Å². The van der Waals surface area contributed by atoms with Gasteiger partial charge in [-0.15, -0.1) is 0 Å². The minimum atomic E-state index is 0.554. The van der Waals surface area contributed by atoms with Gasteiger partial charge in [0.25, 0.3) is 0 Å². The van der Waals surface area contributed by atoms with Crippen LogP contribution in [0.5, 0.6) is 0 Å². The Kier molecular flexibility index (Phi) is 3.34. The van der Waals surface area contributed by atoms with E-state index in [1.165, 1.54) is 5.56 Å². The molecular formula is C13H20N2O. The van der Waals surface area contributed by atoms with E-state index in [1.54, 1.807) is 0 Å². The number of rotatable bonds is 2. The summed E-state index contributed by atoms with van der Waals surface area (Å²) < 4.78 is 5.38. The van der Waals surface area contributed by atoms with E-state index < -0.39 is 0 Å². The summed E-state index contributed by atoms with van der Waals surface area (Å²) in [6.45, 7) is 3.79. The third-order valence-corrected chi connectivity index (χ3v) is 3.30. The fraction of sp³-hybridized carbons (Fsp3) is 0.538. The van der Waals surface area contributed by atoms with Gasteiger partial charge in [-0.3, -0.25) is 0 Å². The van der Waals surface area contributed by atoms with Gasteiger partial charge in [0.1, 0.15) is 0 Å². The molecule has 1 aromatic carbocycles. The van der Waals surface area contributed by atoms with Crippen LogP contribution in [0.15, 0.2) is 18.2 Å². The first-order valence-electron chi connectivity index (χ1n) is 5.85. The highest BCUT2D eigenvalue weighted by Gasteiger charge is 2.19. The van der Waals surface area contributed by atoms with Crippen molar-refractivity contribution in [2.75, 3.05) is 30.9 Å². The van der Waals surface area contributed by atoms with Crippen molar-refractivity contribution in [3.63, 3.8) is 0 Å². The van der Waals surface area contributed by atoms with Gasteiger partial charge < -0.3 is 15.4 Å². The van der Waals surface area contributed by atoms with Crippen LogP contribution >= 0.6 is 0 Å². The molecule has 2 N–H and O–H groups in total. The number of hydrogen-bond acceptors (Lipinski definition) is 3. The molecule has 1 saturated heterocycles. The van der Waals surface area contributed by atoms with Crippen LogP contribution < -0.4 is 10.6 Å². The smallest absolute Gasteiger partial charge is 0.0600 e. The predicted octanol–water partition coefficient (Wildman–Crippen LogP) is 2.19. The molecule has 0 aromatic heterocycles. The summed E-state index contributed by atoms with van der Waals surface area (Å²) in [6, 6.07) is 6.81. The molecule has 1 aromatic rings. The van der Waals surface area contributed by atoms with E-state index in [-0.39, 0.29) is 0 Å². The first-order chi connectivity index (χ1) is 7.68. The first-order valence-corrected chi connectivity index (χ1v) is 5.85. The molecular weight excluding hydrogens is 200 g/mol. The third kappa shape index (κ3) is 2.30. The van der Waals surface area contributed by atoms with Crippen LogP contribution in [0.1, 0.15) is 18.4 Å². The van der Waals surface area contributed by atoms with Crippen molar-refractivity contribution in [3.8, 4) is 0 Å². The summed E-state index contributed by atoms with van der Waals surface area (Å²) in [5.41, 5.74) is 9.27. The van der Waals surface area contributed by atoms with Crippen molar-refractivity contribution in [2.24, 2.45) is 0 Å². The van der Waals surface area contributed by atoms with Crippen molar-refractivity contribution in [1.82, 2.24) is 0 Å². The van der Waals surface area contributed by atoms with E-state index in [1.807, 2.05) is 6.07 Å². The van der Waals surface area contributed by atoms with Gasteiger partial charge in [-0.25, -0.2) is 0 Å². The van der Waals surface area contributed by atoms with Gasteiger partial charge in [0, 0.05) is 26.3 Å². The summed E-state index contributed by atoms with van der Waals surface area (Å²) in [4.78, 5) is 2.29. The number of hydrogen-bond donors (Lipinski definition) is 1. The van der Waals surface area contributed by atoms with E-state index in [9.17, 15) is 0 Å². The highest BCUT2D eigenvalue weighted by molar-refractivity contribution is 5.68. The number of ether oxygens (including phenoxy) is 1. The lowest BCUT2D eigenvalue weighted by Crippen LogP contribution is -2.37. The Bertz CT molecular complexity index is 359. The number of anilines is 2. The maximum absolute atomic E-state index is 6.06. The quantitative estimate of drug-likeness (QED) is 0.776. The lowest BCUT2D eigenvalue weighted by molar-refractivity contribution is 0.0855. The summed E-state index contributed by atoms with van der Waals surface area (Å²) in [6.07, 6.45) is 2.17. The molecule has 0 radical (unpaired) electrons. The molecule has 3 heteroatoms. The minimum absolute atomic E-state index is 0.554. The van der Waals surface area contributed by atoms with E-state index in [4.69, 9.17) is 10.5 Å². The Hall–Kier alpha value is -1.22. The molecule has 1 heterocycles. The molecule has 1 aliphatic heterocycles. The third-order valence-electron chi connectivity index (χ3n) is 3.30. The maximum atomic E-state index is 6.06. The second-order valence-corrected chi connectivity index (χ2v) is 4.52. The number of nitrogen functional groups attached to an aromatic ring is 1. The average Bonchev–Trinajstić information content (AvgIpc) is 2.29. The zero-order valence-corrected chi connectivity index (χ0v) is 10.1. The lowest BCUT2D eigenvalue weighted by Gasteiger charge is -2.33. The summed E-state index contributed by atoms with van der Waals surface area (Å²) in [5, 5.41) is 0. The Morgan fingerprint density at radius 2 is 2.00 bits per heavy atom. The molecule has 88 valence electrons. The molecule has 2 rings (SSSR count). The SMILES string of the molecule is Cc1ccc(N(C)C2CCOCC2)c(N)c1. The Labute approximate surface area is 97.2 Å². The van der Waals surface area contributed by atoms with Crippen LogP contribution in [-0.2, 0) is 4.74 Å². The average molecular weight is 220 g/mol. The van der Waals surface area contributed by atoms with Crippen molar-refractivity contribution >= 4 is 11.4 Å². The number of nitrogens with two attached hydrogens (primary N) is 1. The topological polar surface area (TPSA) is 38.5 Å². The lowest BCUT2D eigenvalue weighted by atomic mass is 10.1. The Morgan fingerprint density at radius 3 is 2.62 bits per heavy atom. The largest absolute Gasteiger partial charge is 0.397 e. The predicted molar refractivity (Wildman–Crippen MR) is 67.8 cm³/mol. The monoisotopic (exact) mass is 220 g/mol. The summed E-state index contributed by atoms with van der Waals surface area (Å²) in [5.74, 6) is 0. The molecule has 1 aliphatic rings. The van der Waals surface area contributed by atoms with Gasteiger partial charge in [0.05, 0.1) is 11.4 Å². The van der Waals surface area contributed by atoms with Crippen LogP contribution in [0.3, 0.4) is 0 Å². The van der Waals surface area contributed by atoms with Gasteiger partial charge >= 0.3 is 0 Å². The highest BCUT2D eigenvalue weighted by Crippen LogP contribution is 2.27. The number of aryl methyl sites for hydroxylation is 1. The van der Waals surface area contributed by atoms with Crippen LogP contribution in [0.25, 0.3) is 0 Å². The van der Waals surface area contributed by atoms with Crippen LogP contribution in [0.4, 0.5) is 11.4 Å². The fourth-order valence-corrected chi connectivity index (χ4v) is 2.26. The maximum Gasteiger partial charge on any atom is 0.0600 e. The summed E-state index contributed by atoms with van der Waals surface area (Å²) >= 11 is 0. The molecule has 0 aliphatic carbocycles. The van der Waals surface area contributed by atoms with Crippen LogP contribution in [-0.4, -0.2) is 26.3 Å². The molecule has 0 atom stereocenters. The molecule has 0 unspecified atom stereocenters. The fourth-order valence-electron chi connectivity index (χ4n) is 2.26. The van der Waals surface area contributed by atoms with Crippen molar-refractivity contribution < 1.29 is 4.74 Å². The van der Waals surface area contributed by atoms with Gasteiger partial charge in [0.15, 0.2) is 0 Å². The molecule has 3 nitrogen and oxygen atoms in total. The molecule has 0 amide bonds.